The number of ketones is 1. The number of aliphatic hydroxyl groups is 2. The van der Waals surface area contributed by atoms with E-state index >= 15 is 0 Å². The highest BCUT2D eigenvalue weighted by molar-refractivity contribution is 7.91. The Balaban J connectivity index is 1.20. The molecule has 1 unspecified atom stereocenters. The van der Waals surface area contributed by atoms with Crippen molar-refractivity contribution >= 4 is 27.1 Å². The minimum atomic E-state index is -3.83. The van der Waals surface area contributed by atoms with Gasteiger partial charge in [-0.15, -0.1) is 11.3 Å². The van der Waals surface area contributed by atoms with Gasteiger partial charge in [0.15, 0.2) is 5.78 Å². The van der Waals surface area contributed by atoms with Crippen LogP contribution in [0.4, 0.5) is 0 Å². The van der Waals surface area contributed by atoms with Crippen LogP contribution in [0.3, 0.4) is 0 Å². The molecule has 9 rings (SSSR count). The van der Waals surface area contributed by atoms with Crippen molar-refractivity contribution < 1.29 is 28.2 Å². The highest BCUT2D eigenvalue weighted by Crippen LogP contribution is 2.78. The lowest BCUT2D eigenvalue weighted by atomic mass is 9.32. The van der Waals surface area contributed by atoms with Gasteiger partial charge < -0.3 is 14.9 Å². The number of aliphatic hydroxyl groups excluding tert-OH is 1. The van der Waals surface area contributed by atoms with E-state index in [2.05, 4.69) is 32.1 Å². The first-order chi connectivity index (χ1) is 22.4. The zero-order valence-electron chi connectivity index (χ0n) is 28.2. The average molecular weight is 684 g/mol. The fourth-order valence-corrected chi connectivity index (χ4v) is 15.0. The quantitative estimate of drug-likeness (QED) is 0.297. The van der Waals surface area contributed by atoms with Crippen molar-refractivity contribution in [3.63, 3.8) is 0 Å². The third-order valence-corrected chi connectivity index (χ3v) is 18.1. The maximum Gasteiger partial charge on any atom is 0.252 e. The Bertz CT molecular complexity index is 1560. The van der Waals surface area contributed by atoms with E-state index in [1.807, 2.05) is 0 Å². The first-order valence-electron chi connectivity index (χ1n) is 18.4. The van der Waals surface area contributed by atoms with E-state index < -0.39 is 26.5 Å². The second-order valence-electron chi connectivity index (χ2n) is 16.9. The van der Waals surface area contributed by atoms with Crippen LogP contribution < -0.4 is 0 Å². The smallest absolute Gasteiger partial charge is 0.252 e. The van der Waals surface area contributed by atoms with E-state index in [-0.39, 0.29) is 53.9 Å². The first-order valence-corrected chi connectivity index (χ1v) is 20.7. The Hall–Kier alpha value is -1.36. The summed E-state index contributed by atoms with van der Waals surface area (Å²) in [4.78, 5) is 14.8. The number of thiophene rings is 1. The minimum Gasteiger partial charge on any atom is -0.393 e. The number of carbonyl (C=O) groups excluding carboxylic acids is 1. The highest BCUT2D eigenvalue weighted by atomic mass is 32.2. The Morgan fingerprint density at radius 2 is 1.72 bits per heavy atom. The predicted octanol–water partition coefficient (Wildman–Crippen LogP) is 6.66. The Morgan fingerprint density at radius 3 is 2.45 bits per heavy atom. The lowest BCUT2D eigenvalue weighted by Gasteiger charge is -2.71. The van der Waals surface area contributed by atoms with Crippen LogP contribution in [-0.2, 0) is 19.6 Å². The van der Waals surface area contributed by atoms with Crippen molar-refractivity contribution in [2.24, 2.45) is 39.4 Å². The zero-order valence-corrected chi connectivity index (χ0v) is 29.8. The van der Waals surface area contributed by atoms with Crippen LogP contribution in [0, 0.1) is 39.4 Å². The number of ether oxygens (including phenoxy) is 1. The Kier molecular flexibility index (Phi) is 7.91. The molecule has 4 saturated carbocycles. The second kappa shape index (κ2) is 11.3. The van der Waals surface area contributed by atoms with Crippen molar-refractivity contribution in [2.45, 2.75) is 126 Å². The van der Waals surface area contributed by atoms with Crippen molar-refractivity contribution in [3.8, 4) is 0 Å². The van der Waals surface area contributed by atoms with E-state index in [9.17, 15) is 23.4 Å². The Labute approximate surface area is 284 Å². The molecule has 1 aromatic heterocycles. The molecule has 0 aromatic carbocycles. The first kappa shape index (κ1) is 32.8. The van der Waals surface area contributed by atoms with Crippen LogP contribution in [0.5, 0.6) is 0 Å². The van der Waals surface area contributed by atoms with Crippen LogP contribution in [0.25, 0.3) is 0 Å². The third-order valence-electron chi connectivity index (χ3n) is 14.9. The minimum absolute atomic E-state index is 0.0183. The highest BCUT2D eigenvalue weighted by Gasteiger charge is 2.74. The van der Waals surface area contributed by atoms with Gasteiger partial charge >= 0.3 is 0 Å². The normalized spacial score (nSPS) is 44.7. The molecular weight excluding hydrogens is 631 g/mol. The van der Waals surface area contributed by atoms with Gasteiger partial charge in [0, 0.05) is 47.4 Å². The number of fused-ring (bicyclic) bond motifs is 1. The molecule has 1 aliphatic heterocycles. The third kappa shape index (κ3) is 4.61. The number of hydrogen-bond acceptors (Lipinski definition) is 7. The molecule has 2 bridgehead atoms. The maximum atomic E-state index is 14.8. The summed E-state index contributed by atoms with van der Waals surface area (Å²) in [7, 11) is -3.83. The summed E-state index contributed by atoms with van der Waals surface area (Å²) in [6.45, 7) is 5.54. The summed E-state index contributed by atoms with van der Waals surface area (Å²) >= 11 is 1.22. The summed E-state index contributed by atoms with van der Waals surface area (Å²) in [6.07, 6.45) is 18.8. The molecule has 5 fully saturated rings. The standard InChI is InChI=1S/C38H53NO6S2/c1-34-15-12-27(40)22-36(34)18-19-38(29(23-36)33(41)26-8-4-3-5-9-26)30(34)13-16-35(2)31(38)14-17-37(35,42)25-39(24-28-10-6-20-45-28)47(43,44)32-11-7-21-46-32/h7,11,18-19,21,23,26-28,30-31,40,42H,3-6,8-10,12-17,20,22,24-25H2,1-2H3/t27?,28-,30-,31-,34-,35+,36+,37-,38-/m1/s1. The van der Waals surface area contributed by atoms with Gasteiger partial charge in [0.2, 0.25) is 0 Å². The van der Waals surface area contributed by atoms with Gasteiger partial charge in [-0.05, 0) is 99.3 Å². The molecule has 2 heterocycles. The number of hydrogen-bond donors (Lipinski definition) is 2. The number of Topliss-reactive ketones (excluding diaryl/α,β-unsaturated/α-hetero) is 1. The predicted molar refractivity (Wildman–Crippen MR) is 182 cm³/mol. The van der Waals surface area contributed by atoms with Crippen molar-refractivity contribution in [2.75, 3.05) is 19.7 Å². The molecule has 258 valence electrons. The largest absolute Gasteiger partial charge is 0.393 e. The molecule has 9 heteroatoms. The van der Waals surface area contributed by atoms with Crippen LogP contribution in [0.15, 0.2) is 45.5 Å². The molecule has 2 N–H and O–H groups in total. The number of allylic oxidation sites excluding steroid dienone is 4. The topological polar surface area (TPSA) is 104 Å². The molecule has 7 aliphatic carbocycles. The fourth-order valence-electron chi connectivity index (χ4n) is 12.3. The van der Waals surface area contributed by atoms with Crippen LogP contribution in [0.2, 0.25) is 0 Å². The van der Waals surface area contributed by atoms with Gasteiger partial charge in [-0.2, -0.15) is 4.31 Å². The van der Waals surface area contributed by atoms with Crippen molar-refractivity contribution in [1.82, 2.24) is 4.31 Å². The number of carbonyl (C=O) groups is 1. The number of rotatable bonds is 8. The van der Waals surface area contributed by atoms with E-state index in [1.54, 1.807) is 17.5 Å². The molecule has 1 saturated heterocycles. The summed E-state index contributed by atoms with van der Waals surface area (Å²) in [5.41, 5.74) is -1.76. The molecule has 1 aromatic rings. The Morgan fingerprint density at radius 1 is 0.979 bits per heavy atom. The second-order valence-corrected chi connectivity index (χ2v) is 20.0. The van der Waals surface area contributed by atoms with Gasteiger partial charge in [-0.1, -0.05) is 57.4 Å². The van der Waals surface area contributed by atoms with Gasteiger partial charge in [0.05, 0.1) is 17.8 Å². The summed E-state index contributed by atoms with van der Waals surface area (Å²) in [6, 6.07) is 3.43. The van der Waals surface area contributed by atoms with Gasteiger partial charge in [-0.25, -0.2) is 8.42 Å². The summed E-state index contributed by atoms with van der Waals surface area (Å²) < 4.78 is 36.1. The van der Waals surface area contributed by atoms with Crippen LogP contribution in [-0.4, -0.2) is 66.2 Å². The molecule has 8 aliphatic rings. The van der Waals surface area contributed by atoms with Gasteiger partial charge in [0.1, 0.15) is 4.21 Å². The monoisotopic (exact) mass is 683 g/mol. The van der Waals surface area contributed by atoms with E-state index in [0.29, 0.717) is 29.4 Å². The molecular formula is C38H53NO6S2. The number of nitrogens with zero attached hydrogens (tertiary/aromatic N) is 1. The molecule has 0 amide bonds. The molecule has 47 heavy (non-hydrogen) atoms. The van der Waals surface area contributed by atoms with E-state index in [1.165, 1.54) is 22.1 Å². The number of sulfonamides is 1. The van der Waals surface area contributed by atoms with Crippen LogP contribution >= 0.6 is 11.3 Å². The SMILES string of the molecule is C[C@]12CC[C@H]3[C@]4(C=C[C@@]5(C=C4C(=O)C4CCCCC4)CC(O)CC[C@]35C)[C@@H]1CC[C@@]2(O)CN(C[C@H]1CCCO1)S(=O)(=O)c1cccs1. The molecule has 7 nitrogen and oxygen atoms in total. The maximum absolute atomic E-state index is 14.8. The lowest BCUT2D eigenvalue weighted by Crippen LogP contribution is -2.67. The van der Waals surface area contributed by atoms with Crippen LogP contribution in [0.1, 0.15) is 104 Å². The molecule has 2 spiro atoms. The average Bonchev–Trinajstić information content (AvgIpc) is 3.83. The van der Waals surface area contributed by atoms with E-state index in [0.717, 1.165) is 76.2 Å². The van der Waals surface area contributed by atoms with Gasteiger partial charge in [0.25, 0.3) is 10.0 Å². The lowest BCUT2D eigenvalue weighted by molar-refractivity contribution is -0.177. The summed E-state index contributed by atoms with van der Waals surface area (Å²) in [5, 5.41) is 25.7. The van der Waals surface area contributed by atoms with E-state index in [4.69, 9.17) is 4.74 Å². The zero-order chi connectivity index (χ0) is 32.9. The van der Waals surface area contributed by atoms with Crippen molar-refractivity contribution in [1.29, 1.82) is 0 Å². The molecule has 0 radical (unpaired) electrons. The fraction of sp³-hybridized carbons (Fsp3) is 0.763. The molecule has 9 atom stereocenters. The van der Waals surface area contributed by atoms with Gasteiger partial charge in [-0.3, -0.25) is 4.79 Å². The van der Waals surface area contributed by atoms with Crippen molar-refractivity contribution in [3.05, 3.63) is 41.3 Å². The summed E-state index contributed by atoms with van der Waals surface area (Å²) in [5.74, 6) is 0.615.